The third-order valence-corrected chi connectivity index (χ3v) is 7.10. The molecule has 2 aromatic rings. The summed E-state index contributed by atoms with van der Waals surface area (Å²) in [6.07, 6.45) is 12.4. The Morgan fingerprint density at radius 1 is 1.21 bits per heavy atom. The fraction of sp³-hybridized carbons (Fsp3) is 0.565. The first-order chi connectivity index (χ1) is 13.6. The van der Waals surface area contributed by atoms with Crippen molar-refractivity contribution in [1.82, 2.24) is 9.78 Å². The predicted octanol–water partition coefficient (Wildman–Crippen LogP) is 4.49. The number of nitrogens with one attached hydrogen (secondary N) is 1. The molecule has 148 valence electrons. The van der Waals surface area contributed by atoms with Gasteiger partial charge in [0.05, 0.1) is 25.5 Å². The lowest BCUT2D eigenvalue weighted by atomic mass is 9.49. The predicted molar refractivity (Wildman–Crippen MR) is 108 cm³/mol. The number of ether oxygens (including phenoxy) is 1. The molecule has 0 radical (unpaired) electrons. The van der Waals surface area contributed by atoms with Crippen LogP contribution in [0.1, 0.15) is 50.5 Å². The standard InChI is InChI=1S/C23H29N3O2/c1-28-21-4-2-3-16(8-21)14-26-15-20(13-24-26)25-22(27)12-23-9-17-5-18(10-23)7-19(6-17)11-23/h2-4,8,13,15,17-19H,5-7,9-12,14H2,1H3,(H,25,27). The fourth-order valence-corrected chi connectivity index (χ4v) is 6.52. The Labute approximate surface area is 166 Å². The van der Waals surface area contributed by atoms with Crippen LogP contribution in [0, 0.1) is 23.2 Å². The van der Waals surface area contributed by atoms with Gasteiger partial charge < -0.3 is 10.1 Å². The third kappa shape index (κ3) is 3.54. The molecule has 0 unspecified atom stereocenters. The highest BCUT2D eigenvalue weighted by atomic mass is 16.5. The summed E-state index contributed by atoms with van der Waals surface area (Å²) >= 11 is 0. The van der Waals surface area contributed by atoms with Crippen molar-refractivity contribution in [2.75, 3.05) is 12.4 Å². The van der Waals surface area contributed by atoms with Gasteiger partial charge in [0.25, 0.3) is 0 Å². The number of carbonyl (C=O) groups is 1. The van der Waals surface area contributed by atoms with Crippen LogP contribution in [0.15, 0.2) is 36.7 Å². The van der Waals surface area contributed by atoms with Crippen LogP contribution < -0.4 is 10.1 Å². The van der Waals surface area contributed by atoms with E-state index < -0.39 is 0 Å². The number of rotatable bonds is 6. The van der Waals surface area contributed by atoms with E-state index in [4.69, 9.17) is 4.74 Å². The van der Waals surface area contributed by atoms with E-state index in [0.717, 1.165) is 34.8 Å². The summed E-state index contributed by atoms with van der Waals surface area (Å²) in [7, 11) is 1.67. The Hall–Kier alpha value is -2.30. The number of methoxy groups -OCH3 is 1. The lowest BCUT2D eigenvalue weighted by Gasteiger charge is -2.56. The van der Waals surface area contributed by atoms with Crippen molar-refractivity contribution in [3.05, 3.63) is 42.2 Å². The van der Waals surface area contributed by atoms with Crippen LogP contribution in [0.2, 0.25) is 0 Å². The molecule has 4 aliphatic carbocycles. The van der Waals surface area contributed by atoms with E-state index in [-0.39, 0.29) is 11.3 Å². The minimum Gasteiger partial charge on any atom is -0.497 e. The summed E-state index contributed by atoms with van der Waals surface area (Å²) < 4.78 is 7.14. The van der Waals surface area contributed by atoms with Crippen LogP contribution in [-0.4, -0.2) is 22.8 Å². The number of anilines is 1. The molecule has 0 saturated heterocycles. The van der Waals surface area contributed by atoms with Gasteiger partial charge in [-0.05, 0) is 79.4 Å². The summed E-state index contributed by atoms with van der Waals surface area (Å²) in [5, 5.41) is 7.51. The normalized spacial score (nSPS) is 30.4. The minimum absolute atomic E-state index is 0.155. The molecule has 4 saturated carbocycles. The van der Waals surface area contributed by atoms with Gasteiger partial charge in [0.1, 0.15) is 5.75 Å². The maximum atomic E-state index is 12.8. The van der Waals surface area contributed by atoms with Gasteiger partial charge in [-0.1, -0.05) is 12.1 Å². The number of hydrogen-bond donors (Lipinski definition) is 1. The molecule has 28 heavy (non-hydrogen) atoms. The maximum absolute atomic E-state index is 12.8. The molecule has 0 atom stereocenters. The van der Waals surface area contributed by atoms with Gasteiger partial charge in [0, 0.05) is 12.6 Å². The second-order valence-corrected chi connectivity index (χ2v) is 9.42. The second-order valence-electron chi connectivity index (χ2n) is 9.42. The highest BCUT2D eigenvalue weighted by Crippen LogP contribution is 2.61. The zero-order valence-electron chi connectivity index (χ0n) is 16.6. The van der Waals surface area contributed by atoms with Crippen LogP contribution in [0.25, 0.3) is 0 Å². The fourth-order valence-electron chi connectivity index (χ4n) is 6.52. The Bertz CT molecular complexity index is 837. The SMILES string of the molecule is COc1cccc(Cn2cc(NC(=O)CC34CC5CC(CC(C5)C3)C4)cn2)c1. The second kappa shape index (κ2) is 6.94. The topological polar surface area (TPSA) is 56.1 Å². The molecule has 4 aliphatic rings. The van der Waals surface area contributed by atoms with Crippen LogP contribution in [-0.2, 0) is 11.3 Å². The van der Waals surface area contributed by atoms with E-state index in [1.165, 1.54) is 38.5 Å². The molecule has 1 aromatic heterocycles. The van der Waals surface area contributed by atoms with Crippen LogP contribution in [0.5, 0.6) is 5.75 Å². The molecule has 4 fully saturated rings. The maximum Gasteiger partial charge on any atom is 0.225 e. The first kappa shape index (κ1) is 17.8. The van der Waals surface area contributed by atoms with Crippen molar-refractivity contribution in [1.29, 1.82) is 0 Å². The summed E-state index contributed by atoms with van der Waals surface area (Å²) in [4.78, 5) is 12.8. The van der Waals surface area contributed by atoms with Crippen molar-refractivity contribution in [3.8, 4) is 5.75 Å². The van der Waals surface area contributed by atoms with E-state index in [0.29, 0.717) is 13.0 Å². The minimum atomic E-state index is 0.155. The van der Waals surface area contributed by atoms with Gasteiger partial charge >= 0.3 is 0 Å². The largest absolute Gasteiger partial charge is 0.497 e. The van der Waals surface area contributed by atoms with Crippen LogP contribution in [0.3, 0.4) is 0 Å². The van der Waals surface area contributed by atoms with E-state index in [2.05, 4.69) is 16.5 Å². The molecule has 1 heterocycles. The lowest BCUT2D eigenvalue weighted by molar-refractivity contribution is -0.124. The summed E-state index contributed by atoms with van der Waals surface area (Å²) in [6, 6.07) is 7.97. The van der Waals surface area contributed by atoms with Gasteiger partial charge in [-0.3, -0.25) is 9.48 Å². The van der Waals surface area contributed by atoms with E-state index in [1.54, 1.807) is 13.3 Å². The van der Waals surface area contributed by atoms with Gasteiger partial charge in [0.15, 0.2) is 0 Å². The van der Waals surface area contributed by atoms with Crippen molar-refractivity contribution >= 4 is 11.6 Å². The molecule has 6 rings (SSSR count). The highest BCUT2D eigenvalue weighted by molar-refractivity contribution is 5.90. The Balaban J connectivity index is 1.20. The van der Waals surface area contributed by atoms with E-state index in [9.17, 15) is 4.79 Å². The van der Waals surface area contributed by atoms with Crippen molar-refractivity contribution < 1.29 is 9.53 Å². The van der Waals surface area contributed by atoms with E-state index in [1.807, 2.05) is 29.1 Å². The molecular weight excluding hydrogens is 350 g/mol. The number of amides is 1. The average molecular weight is 380 g/mol. The molecule has 5 heteroatoms. The molecule has 5 nitrogen and oxygen atoms in total. The Kier molecular flexibility index (Phi) is 4.41. The monoisotopic (exact) mass is 379 g/mol. The highest BCUT2D eigenvalue weighted by Gasteiger charge is 2.51. The molecule has 4 bridgehead atoms. The van der Waals surface area contributed by atoms with Crippen molar-refractivity contribution in [2.45, 2.75) is 51.5 Å². The molecule has 1 amide bonds. The number of nitrogens with zero attached hydrogens (tertiary/aromatic N) is 2. The van der Waals surface area contributed by atoms with E-state index >= 15 is 0 Å². The zero-order chi connectivity index (χ0) is 19.1. The number of aromatic nitrogens is 2. The first-order valence-corrected chi connectivity index (χ1v) is 10.5. The summed E-state index contributed by atoms with van der Waals surface area (Å²) in [5.74, 6) is 3.63. The number of benzene rings is 1. The lowest BCUT2D eigenvalue weighted by Crippen LogP contribution is -2.47. The van der Waals surface area contributed by atoms with Crippen LogP contribution in [0.4, 0.5) is 5.69 Å². The molecule has 0 spiro atoms. The third-order valence-electron chi connectivity index (χ3n) is 7.10. The first-order valence-electron chi connectivity index (χ1n) is 10.5. The Morgan fingerprint density at radius 2 is 1.93 bits per heavy atom. The molecular formula is C23H29N3O2. The smallest absolute Gasteiger partial charge is 0.225 e. The van der Waals surface area contributed by atoms with Crippen molar-refractivity contribution in [2.24, 2.45) is 23.2 Å². The molecule has 1 aromatic carbocycles. The van der Waals surface area contributed by atoms with Crippen molar-refractivity contribution in [3.63, 3.8) is 0 Å². The summed E-state index contributed by atoms with van der Waals surface area (Å²) in [5.41, 5.74) is 2.18. The van der Waals surface area contributed by atoms with Gasteiger partial charge in [-0.25, -0.2) is 0 Å². The number of carbonyl (C=O) groups excluding carboxylic acids is 1. The van der Waals surface area contributed by atoms with Crippen LogP contribution >= 0.6 is 0 Å². The number of hydrogen-bond acceptors (Lipinski definition) is 3. The van der Waals surface area contributed by atoms with Gasteiger partial charge in [0.2, 0.25) is 5.91 Å². The molecule has 1 N–H and O–H groups in total. The average Bonchev–Trinajstić information content (AvgIpc) is 3.06. The van der Waals surface area contributed by atoms with Gasteiger partial charge in [-0.2, -0.15) is 5.10 Å². The van der Waals surface area contributed by atoms with Gasteiger partial charge in [-0.15, -0.1) is 0 Å². The quantitative estimate of drug-likeness (QED) is 0.805. The zero-order valence-corrected chi connectivity index (χ0v) is 16.6. The molecule has 0 aliphatic heterocycles. The summed E-state index contributed by atoms with van der Waals surface area (Å²) in [6.45, 7) is 0.655. The Morgan fingerprint density at radius 3 is 2.61 bits per heavy atom.